The van der Waals surface area contributed by atoms with Gasteiger partial charge in [0, 0.05) is 25.2 Å². The molecule has 0 amide bonds. The quantitative estimate of drug-likeness (QED) is 0.870. The van der Waals surface area contributed by atoms with Gasteiger partial charge in [-0.3, -0.25) is 4.90 Å². The van der Waals surface area contributed by atoms with E-state index in [-0.39, 0.29) is 17.5 Å². The predicted octanol–water partition coefficient (Wildman–Crippen LogP) is 2.61. The van der Waals surface area contributed by atoms with Crippen LogP contribution in [-0.2, 0) is 0 Å². The molecule has 1 unspecified atom stereocenters. The average Bonchev–Trinajstić information content (AvgIpc) is 3.05. The summed E-state index contributed by atoms with van der Waals surface area (Å²) in [5, 5.41) is 3.11. The highest BCUT2D eigenvalue weighted by atomic mass is 19.1. The molecular formula is C13H16F2N2. The zero-order valence-electron chi connectivity index (χ0n) is 9.63. The van der Waals surface area contributed by atoms with E-state index in [0.29, 0.717) is 0 Å². The van der Waals surface area contributed by atoms with Gasteiger partial charge in [0.1, 0.15) is 11.6 Å². The van der Waals surface area contributed by atoms with Gasteiger partial charge in [-0.2, -0.15) is 0 Å². The summed E-state index contributed by atoms with van der Waals surface area (Å²) in [7, 11) is 0. The summed E-state index contributed by atoms with van der Waals surface area (Å²) in [6.45, 7) is 2.01. The molecule has 92 valence electrons. The molecule has 4 heteroatoms. The third kappa shape index (κ3) is 2.41. The number of likely N-dealkylation sites (tertiary alicyclic amines) is 1. The van der Waals surface area contributed by atoms with Gasteiger partial charge in [0.2, 0.25) is 0 Å². The Bertz CT molecular complexity index is 418. The van der Waals surface area contributed by atoms with Gasteiger partial charge in [0.15, 0.2) is 0 Å². The molecule has 1 aromatic rings. The van der Waals surface area contributed by atoms with Crippen molar-refractivity contribution < 1.29 is 8.78 Å². The number of nitrogens with one attached hydrogen (secondary N) is 1. The van der Waals surface area contributed by atoms with Crippen LogP contribution in [0.4, 0.5) is 14.5 Å². The van der Waals surface area contributed by atoms with Crippen LogP contribution in [0.1, 0.15) is 19.3 Å². The fourth-order valence-corrected chi connectivity index (χ4v) is 2.50. The van der Waals surface area contributed by atoms with Crippen molar-refractivity contribution in [3.8, 4) is 0 Å². The maximum absolute atomic E-state index is 13.4. The Balaban J connectivity index is 1.64. The van der Waals surface area contributed by atoms with E-state index < -0.39 is 5.82 Å². The fraction of sp³-hybridized carbons (Fsp3) is 0.538. The first-order valence-electron chi connectivity index (χ1n) is 6.18. The van der Waals surface area contributed by atoms with Crippen LogP contribution >= 0.6 is 0 Å². The van der Waals surface area contributed by atoms with Crippen LogP contribution in [-0.4, -0.2) is 30.1 Å². The number of hydrogen-bond acceptors (Lipinski definition) is 2. The normalized spacial score (nSPS) is 25.2. The number of rotatable bonds is 3. The Morgan fingerprint density at radius 1 is 1.18 bits per heavy atom. The highest BCUT2D eigenvalue weighted by Crippen LogP contribution is 2.30. The minimum Gasteiger partial charge on any atom is -0.379 e. The Morgan fingerprint density at radius 2 is 2.00 bits per heavy atom. The van der Waals surface area contributed by atoms with Crippen LogP contribution in [0.2, 0.25) is 0 Å². The summed E-state index contributed by atoms with van der Waals surface area (Å²) < 4.78 is 26.5. The number of benzene rings is 1. The summed E-state index contributed by atoms with van der Waals surface area (Å²) >= 11 is 0. The molecule has 3 rings (SSSR count). The standard InChI is InChI=1S/C13H16F2N2/c14-9-1-4-12(15)13(7-9)16-10-5-6-17(8-10)11-2-3-11/h1,4,7,10-11,16H,2-3,5-6,8H2. The van der Waals surface area contributed by atoms with Crippen molar-refractivity contribution in [2.24, 2.45) is 0 Å². The van der Waals surface area contributed by atoms with Crippen molar-refractivity contribution in [3.05, 3.63) is 29.8 Å². The molecular weight excluding hydrogens is 222 g/mol. The largest absolute Gasteiger partial charge is 0.379 e. The fourth-order valence-electron chi connectivity index (χ4n) is 2.50. The van der Waals surface area contributed by atoms with Gasteiger partial charge in [-0.15, -0.1) is 0 Å². The second-order valence-electron chi connectivity index (χ2n) is 4.98. The van der Waals surface area contributed by atoms with E-state index in [0.717, 1.165) is 31.6 Å². The van der Waals surface area contributed by atoms with Gasteiger partial charge in [-0.1, -0.05) is 0 Å². The van der Waals surface area contributed by atoms with Gasteiger partial charge in [0.05, 0.1) is 5.69 Å². The molecule has 0 bridgehead atoms. The molecule has 2 fully saturated rings. The Labute approximate surface area is 99.6 Å². The SMILES string of the molecule is Fc1ccc(F)c(NC2CCN(C3CC3)C2)c1. The molecule has 1 saturated carbocycles. The lowest BCUT2D eigenvalue weighted by Crippen LogP contribution is -2.28. The third-order valence-electron chi connectivity index (χ3n) is 3.57. The molecule has 1 N–H and O–H groups in total. The van der Waals surface area contributed by atoms with Gasteiger partial charge >= 0.3 is 0 Å². The topological polar surface area (TPSA) is 15.3 Å². The van der Waals surface area contributed by atoms with Gasteiger partial charge in [-0.25, -0.2) is 8.78 Å². The molecule has 1 saturated heterocycles. The summed E-state index contributed by atoms with van der Waals surface area (Å²) in [5.41, 5.74) is 0.285. The van der Waals surface area contributed by atoms with E-state index in [1.165, 1.54) is 25.0 Å². The van der Waals surface area contributed by atoms with Gasteiger partial charge in [0.25, 0.3) is 0 Å². The number of nitrogens with zero attached hydrogens (tertiary/aromatic N) is 1. The van der Waals surface area contributed by atoms with Crippen molar-refractivity contribution in [1.82, 2.24) is 4.90 Å². The highest BCUT2D eigenvalue weighted by Gasteiger charge is 2.34. The van der Waals surface area contributed by atoms with E-state index in [2.05, 4.69) is 10.2 Å². The summed E-state index contributed by atoms with van der Waals surface area (Å²) in [4.78, 5) is 2.44. The Morgan fingerprint density at radius 3 is 2.76 bits per heavy atom. The monoisotopic (exact) mass is 238 g/mol. The molecule has 0 radical (unpaired) electrons. The first-order valence-corrected chi connectivity index (χ1v) is 6.18. The summed E-state index contributed by atoms with van der Waals surface area (Å²) in [6.07, 6.45) is 3.59. The van der Waals surface area contributed by atoms with Crippen LogP contribution in [0.25, 0.3) is 0 Å². The number of anilines is 1. The highest BCUT2D eigenvalue weighted by molar-refractivity contribution is 5.46. The Kier molecular flexibility index (Phi) is 2.74. The molecule has 1 aliphatic heterocycles. The van der Waals surface area contributed by atoms with Crippen molar-refractivity contribution in [3.63, 3.8) is 0 Å². The molecule has 1 aromatic carbocycles. The van der Waals surface area contributed by atoms with Crippen LogP contribution in [0.5, 0.6) is 0 Å². The van der Waals surface area contributed by atoms with Crippen LogP contribution in [0.3, 0.4) is 0 Å². The van der Waals surface area contributed by atoms with Gasteiger partial charge in [-0.05, 0) is 37.5 Å². The smallest absolute Gasteiger partial charge is 0.146 e. The lowest BCUT2D eigenvalue weighted by molar-refractivity contribution is 0.326. The van der Waals surface area contributed by atoms with Crippen LogP contribution in [0.15, 0.2) is 18.2 Å². The maximum Gasteiger partial charge on any atom is 0.146 e. The first kappa shape index (κ1) is 11.0. The molecule has 1 atom stereocenters. The second-order valence-corrected chi connectivity index (χ2v) is 4.98. The van der Waals surface area contributed by atoms with Crippen molar-refractivity contribution >= 4 is 5.69 Å². The van der Waals surface area contributed by atoms with Crippen LogP contribution in [0, 0.1) is 11.6 Å². The molecule has 17 heavy (non-hydrogen) atoms. The van der Waals surface area contributed by atoms with E-state index >= 15 is 0 Å². The van der Waals surface area contributed by atoms with E-state index in [4.69, 9.17) is 0 Å². The van der Waals surface area contributed by atoms with Crippen molar-refractivity contribution in [1.29, 1.82) is 0 Å². The van der Waals surface area contributed by atoms with Crippen molar-refractivity contribution in [2.75, 3.05) is 18.4 Å². The molecule has 1 heterocycles. The lowest BCUT2D eigenvalue weighted by atomic mass is 10.2. The average molecular weight is 238 g/mol. The molecule has 0 spiro atoms. The Hall–Kier alpha value is -1.16. The predicted molar refractivity (Wildman–Crippen MR) is 63.0 cm³/mol. The number of halogens is 2. The summed E-state index contributed by atoms with van der Waals surface area (Å²) in [6, 6.07) is 4.54. The molecule has 0 aromatic heterocycles. The van der Waals surface area contributed by atoms with Gasteiger partial charge < -0.3 is 5.32 Å². The van der Waals surface area contributed by atoms with Crippen LogP contribution < -0.4 is 5.32 Å². The number of hydrogen-bond donors (Lipinski definition) is 1. The second kappa shape index (κ2) is 4.26. The molecule has 2 aliphatic rings. The zero-order chi connectivity index (χ0) is 11.8. The molecule has 1 aliphatic carbocycles. The minimum atomic E-state index is -0.397. The van der Waals surface area contributed by atoms with Crippen molar-refractivity contribution in [2.45, 2.75) is 31.3 Å². The third-order valence-corrected chi connectivity index (χ3v) is 3.57. The molecule has 2 nitrogen and oxygen atoms in total. The zero-order valence-corrected chi connectivity index (χ0v) is 9.63. The van der Waals surface area contributed by atoms with E-state index in [1.807, 2.05) is 0 Å². The van der Waals surface area contributed by atoms with E-state index in [9.17, 15) is 8.78 Å². The minimum absolute atomic E-state index is 0.242. The maximum atomic E-state index is 13.4. The van der Waals surface area contributed by atoms with E-state index in [1.54, 1.807) is 0 Å². The summed E-state index contributed by atoms with van der Waals surface area (Å²) in [5.74, 6) is -0.776. The lowest BCUT2D eigenvalue weighted by Gasteiger charge is -2.17. The first-order chi connectivity index (χ1) is 8.22.